The van der Waals surface area contributed by atoms with E-state index < -0.39 is 11.7 Å². The number of aromatic nitrogens is 14. The van der Waals surface area contributed by atoms with Gasteiger partial charge in [-0.25, -0.2) is 59.8 Å². The number of rotatable bonds is 15. The third-order valence-corrected chi connectivity index (χ3v) is 20.6. The molecule has 14 aromatic carbocycles. The van der Waals surface area contributed by atoms with E-state index in [1.165, 1.54) is 12.1 Å². The summed E-state index contributed by atoms with van der Waals surface area (Å²) in [6.07, 6.45) is -4.83. The van der Waals surface area contributed by atoms with Gasteiger partial charge in [0.25, 0.3) is 0 Å². The maximum absolute atomic E-state index is 16.1. The Labute approximate surface area is 661 Å². The highest BCUT2D eigenvalue weighted by Gasteiger charge is 2.34. The summed E-state index contributed by atoms with van der Waals surface area (Å²) in [5, 5.41) is 14.5. The number of para-hydroxylation sites is 1. The van der Waals surface area contributed by atoms with Crippen molar-refractivity contribution in [3.05, 3.63) is 363 Å². The van der Waals surface area contributed by atoms with Gasteiger partial charge in [0, 0.05) is 99.4 Å². The lowest BCUT2D eigenvalue weighted by Gasteiger charge is -2.21. The highest BCUT2D eigenvalue weighted by molar-refractivity contribution is 6.14. The molecule has 0 radical (unpaired) electrons. The highest BCUT2D eigenvalue weighted by atomic mass is 19.4. The minimum atomic E-state index is -4.83. The van der Waals surface area contributed by atoms with Crippen LogP contribution in [-0.4, -0.2) is 68.9 Å². The molecule has 6 heterocycles. The summed E-state index contributed by atoms with van der Waals surface area (Å²) in [6, 6.07) is 113. The van der Waals surface area contributed by atoms with E-state index in [1.807, 2.05) is 325 Å². The molecule has 0 spiro atoms. The SMILES string of the molecule is N#Cc1cccc(-c2cc(C(F)(F)F)ccc2-n2c3ccc(-c4nc(-c5ccccc5)nc(-c5ccccc5)n4)cc3c3cc(-c4nc(-c5ccccc5)nc(-c5ccccc5)n4)ccc32)c1-n1c2ccc(-c3nc(-c4ccccc4)nc(-c4ccccc4)n3)cc2c2cc(-c3nc(-c4ccccc4)nc(-c4ccccc4)n3)ccc21. The second kappa shape index (κ2) is 29.0. The molecule has 0 aliphatic rings. The zero-order valence-electron chi connectivity index (χ0n) is 61.3. The lowest BCUT2D eigenvalue weighted by Crippen LogP contribution is -2.08. The third kappa shape index (κ3) is 12.9. The number of fused-ring (bicyclic) bond motifs is 6. The van der Waals surface area contributed by atoms with E-state index in [4.69, 9.17) is 59.8 Å². The van der Waals surface area contributed by atoms with Gasteiger partial charge < -0.3 is 9.13 Å². The fourth-order valence-electron chi connectivity index (χ4n) is 15.1. The summed E-state index contributed by atoms with van der Waals surface area (Å²) < 4.78 is 52.2. The van der Waals surface area contributed by atoms with Crippen LogP contribution in [-0.2, 0) is 6.18 Å². The Morgan fingerprint density at radius 2 is 0.466 bits per heavy atom. The molecule has 0 bridgehead atoms. The number of nitriles is 1. The molecular weight excluding hydrogens is 1440 g/mol. The molecule has 6 aromatic heterocycles. The van der Waals surface area contributed by atoms with Crippen LogP contribution in [0.5, 0.6) is 0 Å². The second-order valence-corrected chi connectivity index (χ2v) is 27.8. The molecule has 546 valence electrons. The van der Waals surface area contributed by atoms with Crippen molar-refractivity contribution in [1.82, 2.24) is 68.9 Å². The fraction of sp³-hybridized carbons (Fsp3) is 0.0102. The molecule has 18 heteroatoms. The van der Waals surface area contributed by atoms with Crippen LogP contribution in [0.4, 0.5) is 13.2 Å². The molecule has 0 fully saturated rings. The lowest BCUT2D eigenvalue weighted by molar-refractivity contribution is -0.137. The first-order valence-electron chi connectivity index (χ1n) is 37.5. The molecule has 20 rings (SSSR count). The number of halogens is 3. The first-order valence-corrected chi connectivity index (χ1v) is 37.5. The first kappa shape index (κ1) is 69.2. The number of alkyl halides is 3. The number of hydrogen-bond acceptors (Lipinski definition) is 13. The van der Waals surface area contributed by atoms with Crippen LogP contribution in [0.2, 0.25) is 0 Å². The van der Waals surface area contributed by atoms with E-state index in [9.17, 15) is 5.26 Å². The van der Waals surface area contributed by atoms with Crippen molar-refractivity contribution in [1.29, 1.82) is 5.26 Å². The summed E-state index contributed by atoms with van der Waals surface area (Å²) in [5.41, 5.74) is 11.7. The molecular formula is C98H58F3N15. The van der Waals surface area contributed by atoms with Crippen LogP contribution in [0.15, 0.2) is 352 Å². The maximum atomic E-state index is 16.1. The van der Waals surface area contributed by atoms with Crippen molar-refractivity contribution in [3.63, 3.8) is 0 Å². The Balaban J connectivity index is 0.837. The number of hydrogen-bond donors (Lipinski definition) is 0. The predicted octanol–water partition coefficient (Wildman–Crippen LogP) is 23.2. The summed E-state index contributed by atoms with van der Waals surface area (Å²) in [4.78, 5) is 61.4. The van der Waals surface area contributed by atoms with Crippen LogP contribution < -0.4 is 0 Å². The van der Waals surface area contributed by atoms with Crippen molar-refractivity contribution < 1.29 is 13.2 Å². The zero-order valence-corrected chi connectivity index (χ0v) is 61.3. The van der Waals surface area contributed by atoms with Gasteiger partial charge in [0.1, 0.15) is 6.07 Å². The lowest BCUT2D eigenvalue weighted by atomic mass is 9.96. The van der Waals surface area contributed by atoms with Crippen LogP contribution in [0.1, 0.15) is 11.1 Å². The monoisotopic (exact) mass is 1500 g/mol. The maximum Gasteiger partial charge on any atom is 0.416 e. The Bertz CT molecular complexity index is 6640. The van der Waals surface area contributed by atoms with Gasteiger partial charge in [0.15, 0.2) is 69.9 Å². The first-order chi connectivity index (χ1) is 57.0. The van der Waals surface area contributed by atoms with Crippen LogP contribution in [0.25, 0.3) is 203 Å². The molecule has 0 amide bonds. The molecule has 15 nitrogen and oxygen atoms in total. The third-order valence-electron chi connectivity index (χ3n) is 20.6. The van der Waals surface area contributed by atoms with Gasteiger partial charge in [-0.05, 0) is 97.1 Å². The molecule has 0 saturated carbocycles. The molecule has 116 heavy (non-hydrogen) atoms. The van der Waals surface area contributed by atoms with Crippen molar-refractivity contribution in [2.24, 2.45) is 0 Å². The molecule has 0 unspecified atom stereocenters. The van der Waals surface area contributed by atoms with Gasteiger partial charge in [0.05, 0.1) is 44.6 Å². The summed E-state index contributed by atoms with van der Waals surface area (Å²) >= 11 is 0. The Kier molecular flexibility index (Phi) is 17.3. The smallest absolute Gasteiger partial charge is 0.309 e. The van der Waals surface area contributed by atoms with Gasteiger partial charge >= 0.3 is 6.18 Å². The minimum absolute atomic E-state index is 0.163. The molecule has 0 N–H and O–H groups in total. The van der Waals surface area contributed by atoms with Crippen molar-refractivity contribution in [2.75, 3.05) is 0 Å². The van der Waals surface area contributed by atoms with Gasteiger partial charge in [-0.1, -0.05) is 255 Å². The van der Waals surface area contributed by atoms with E-state index >= 15 is 13.2 Å². The van der Waals surface area contributed by atoms with Crippen molar-refractivity contribution >= 4 is 43.6 Å². The number of nitrogens with zero attached hydrogens (tertiary/aromatic N) is 15. The Morgan fingerprint density at radius 3 is 0.707 bits per heavy atom. The highest BCUT2D eigenvalue weighted by Crippen LogP contribution is 2.47. The second-order valence-electron chi connectivity index (χ2n) is 27.8. The topological polar surface area (TPSA) is 188 Å². The summed E-state index contributed by atoms with van der Waals surface area (Å²) in [6.45, 7) is 0. The largest absolute Gasteiger partial charge is 0.416 e. The van der Waals surface area contributed by atoms with Crippen LogP contribution in [0.3, 0.4) is 0 Å². The molecule has 0 aliphatic carbocycles. The van der Waals surface area contributed by atoms with Gasteiger partial charge in [-0.2, -0.15) is 18.4 Å². The van der Waals surface area contributed by atoms with Crippen molar-refractivity contribution in [3.8, 4) is 165 Å². The van der Waals surface area contributed by atoms with E-state index in [0.29, 0.717) is 153 Å². The van der Waals surface area contributed by atoms with E-state index in [1.54, 1.807) is 18.2 Å². The standard InChI is InChI=1S/C98H58F3N15/c99-98(100,101)73-48-53-82(115-80-49-44-68(94-107-86(60-26-9-1-10-27-60)103-87(108-94)61-28-11-2-12-29-61)54-75(80)76-55-69(45-50-81(76)115)95-109-88(62-30-13-3-14-31-62)104-89(110-95)63-32-15-4-16-33-63)79(58-73)74-43-25-42-72(59-102)85(74)116-83-51-46-70(96-111-90(64-34-17-5-18-35-64)105-91(112-96)65-36-19-6-20-37-65)56-77(83)78-57-71(47-52-84(78)116)97-113-92(66-38-21-7-22-39-66)106-93(114-97)67-40-23-8-24-41-67/h1-58H. The van der Waals surface area contributed by atoms with Crippen LogP contribution in [0, 0.1) is 11.3 Å². The molecule has 0 aliphatic heterocycles. The van der Waals surface area contributed by atoms with Gasteiger partial charge in [0.2, 0.25) is 0 Å². The summed E-state index contributed by atoms with van der Waals surface area (Å²) in [5.74, 6) is 5.22. The average molecular weight is 1500 g/mol. The molecule has 0 saturated heterocycles. The number of benzene rings is 14. The fourth-order valence-corrected chi connectivity index (χ4v) is 15.1. The summed E-state index contributed by atoms with van der Waals surface area (Å²) in [7, 11) is 0. The van der Waals surface area contributed by atoms with E-state index in [-0.39, 0.29) is 11.1 Å². The van der Waals surface area contributed by atoms with Gasteiger partial charge in [-0.15, -0.1) is 0 Å². The molecule has 0 atom stereocenters. The Hall–Kier alpha value is -16.0. The quantitative estimate of drug-likeness (QED) is 0.0944. The van der Waals surface area contributed by atoms with Crippen molar-refractivity contribution in [2.45, 2.75) is 6.18 Å². The molecule has 20 aromatic rings. The predicted molar refractivity (Wildman–Crippen MR) is 449 cm³/mol. The zero-order chi connectivity index (χ0) is 77.8. The van der Waals surface area contributed by atoms with Crippen LogP contribution >= 0.6 is 0 Å². The van der Waals surface area contributed by atoms with Gasteiger partial charge in [-0.3, -0.25) is 0 Å². The average Bonchev–Trinajstić information content (AvgIpc) is 1.54. The van der Waals surface area contributed by atoms with E-state index in [0.717, 1.165) is 50.6 Å². The van der Waals surface area contributed by atoms with E-state index in [2.05, 4.69) is 6.07 Å². The Morgan fingerprint density at radius 1 is 0.224 bits per heavy atom. The minimum Gasteiger partial charge on any atom is -0.309 e. The normalized spacial score (nSPS) is 11.6.